The van der Waals surface area contributed by atoms with Gasteiger partial charge in [-0.1, -0.05) is 143 Å². The van der Waals surface area contributed by atoms with Crippen LogP contribution >= 0.6 is 47.0 Å². The van der Waals surface area contributed by atoms with Gasteiger partial charge in [0.2, 0.25) is 0 Å². The number of nitrogens with zero attached hydrogens (tertiary/aromatic N) is 3. The summed E-state index contributed by atoms with van der Waals surface area (Å²) in [5.41, 5.74) is 1.20. The van der Waals surface area contributed by atoms with Crippen molar-refractivity contribution in [3.05, 3.63) is 23.3 Å². The van der Waals surface area contributed by atoms with E-state index in [0.29, 0.717) is 37.0 Å². The molecule has 0 aliphatic carbocycles. The molecule has 1 N–H and O–H groups in total. The van der Waals surface area contributed by atoms with Crippen LogP contribution in [-0.2, 0) is 10.8 Å². The van der Waals surface area contributed by atoms with Crippen LogP contribution in [0.2, 0.25) is 0 Å². The molecule has 0 saturated heterocycles. The normalized spacial score (nSPS) is 13.6. The molecule has 0 saturated carbocycles. The van der Waals surface area contributed by atoms with Crippen LogP contribution in [0.4, 0.5) is 0 Å². The molecule has 2 unspecified atom stereocenters. The predicted octanol–water partition coefficient (Wildman–Crippen LogP) is 13.0. The van der Waals surface area contributed by atoms with Crippen LogP contribution in [0.3, 0.4) is 0 Å². The third-order valence-corrected chi connectivity index (χ3v) is 12.6. The molecule has 0 radical (unpaired) electrons. The Labute approximate surface area is 299 Å². The van der Waals surface area contributed by atoms with Gasteiger partial charge in [-0.3, -0.25) is 0 Å². The Kier molecular flexibility index (Phi) is 19.2. The molecule has 9 heteroatoms. The van der Waals surface area contributed by atoms with Crippen molar-refractivity contribution in [1.29, 1.82) is 0 Å². The lowest BCUT2D eigenvalue weighted by molar-refractivity contribution is 0.401. The number of phenols is 1. The van der Waals surface area contributed by atoms with Crippen molar-refractivity contribution in [2.75, 3.05) is 11.5 Å². The highest BCUT2D eigenvalue weighted by molar-refractivity contribution is 8.17. The van der Waals surface area contributed by atoms with E-state index in [2.05, 4.69) is 69.2 Å². The Morgan fingerprint density at radius 2 is 1.02 bits per heavy atom. The van der Waals surface area contributed by atoms with Gasteiger partial charge in [0, 0.05) is 11.1 Å². The maximum atomic E-state index is 11.2. The van der Waals surface area contributed by atoms with Gasteiger partial charge >= 0.3 is 6.01 Å². The number of ether oxygens (including phenoxy) is 1. The van der Waals surface area contributed by atoms with Crippen molar-refractivity contribution in [3.8, 4) is 17.5 Å². The highest BCUT2D eigenvalue weighted by Gasteiger charge is 2.27. The topological polar surface area (TPSA) is 68.1 Å². The molecule has 2 aromatic rings. The minimum atomic E-state index is -0.254. The van der Waals surface area contributed by atoms with E-state index < -0.39 is 0 Å². The smallest absolute Gasteiger partial charge is 0.327 e. The highest BCUT2D eigenvalue weighted by Crippen LogP contribution is 2.43. The maximum absolute atomic E-state index is 11.2. The van der Waals surface area contributed by atoms with E-state index in [1.165, 1.54) is 77.0 Å². The molecule has 2 atom stereocenters. The molecule has 0 aliphatic rings. The Morgan fingerprint density at radius 1 is 0.630 bits per heavy atom. The molecule has 2 rings (SSSR count). The molecule has 0 bridgehead atoms. The minimum absolute atomic E-state index is 0.254. The number of hydrogen-bond acceptors (Lipinski definition) is 9. The number of unbranched alkanes of at least 4 members (excludes halogenated alkanes) is 10. The Hall–Kier alpha value is -0.770. The molecule has 1 aromatic carbocycles. The average molecular weight is 710 g/mol. The van der Waals surface area contributed by atoms with Crippen molar-refractivity contribution in [2.45, 2.75) is 177 Å². The van der Waals surface area contributed by atoms with Crippen LogP contribution in [-0.4, -0.2) is 40.7 Å². The molecule has 0 spiro atoms. The number of rotatable bonds is 22. The quantitative estimate of drug-likeness (QED) is 0.0731. The number of hydrogen-bond donors (Lipinski definition) is 1. The lowest BCUT2D eigenvalue weighted by Crippen LogP contribution is -2.17. The van der Waals surface area contributed by atoms with Crippen molar-refractivity contribution in [2.24, 2.45) is 0 Å². The molecule has 5 nitrogen and oxygen atoms in total. The van der Waals surface area contributed by atoms with E-state index in [0.717, 1.165) is 22.6 Å². The SMILES string of the molecule is CCCCCCCCSC(C)Sc1nc(Oc2cc(C(C)(C)C)c(O)c(C(C)(C)C)c2)nc(SC(C)SCCCCCCCC)n1. The van der Waals surface area contributed by atoms with E-state index in [4.69, 9.17) is 19.7 Å². The predicted molar refractivity (Wildman–Crippen MR) is 208 cm³/mol. The number of phenolic OH excluding ortho intramolecular Hbond substituents is 1. The molecule has 0 fully saturated rings. The zero-order valence-corrected chi connectivity index (χ0v) is 33.8. The van der Waals surface area contributed by atoms with Gasteiger partial charge in [0.05, 0.1) is 9.16 Å². The Morgan fingerprint density at radius 3 is 1.41 bits per heavy atom. The summed E-state index contributed by atoms with van der Waals surface area (Å²) >= 11 is 7.34. The first-order chi connectivity index (χ1) is 21.7. The lowest BCUT2D eigenvalue weighted by atomic mass is 9.79. The molecule has 1 heterocycles. The molecule has 46 heavy (non-hydrogen) atoms. The van der Waals surface area contributed by atoms with Gasteiger partial charge in [0.1, 0.15) is 11.5 Å². The molecule has 1 aromatic heterocycles. The van der Waals surface area contributed by atoms with Crippen LogP contribution in [0.5, 0.6) is 17.5 Å². The summed E-state index contributed by atoms with van der Waals surface area (Å²) in [4.78, 5) is 14.5. The number of aromatic nitrogens is 3. The first-order valence-corrected chi connectivity index (χ1v) is 21.5. The third kappa shape index (κ3) is 16.1. The molecular weight excluding hydrogens is 647 g/mol. The summed E-state index contributed by atoms with van der Waals surface area (Å²) in [7, 11) is 0. The maximum Gasteiger partial charge on any atom is 0.327 e. The molecule has 262 valence electrons. The Bertz CT molecular complexity index is 1070. The number of benzene rings is 1. The van der Waals surface area contributed by atoms with E-state index in [1.807, 2.05) is 35.7 Å². The summed E-state index contributed by atoms with van der Waals surface area (Å²) in [6.07, 6.45) is 15.8. The molecule has 0 amide bonds. The van der Waals surface area contributed by atoms with Crippen molar-refractivity contribution >= 4 is 47.0 Å². The largest absolute Gasteiger partial charge is 0.507 e. The lowest BCUT2D eigenvalue weighted by Gasteiger charge is -2.28. The van der Waals surface area contributed by atoms with Gasteiger partial charge in [-0.2, -0.15) is 15.0 Å². The second-order valence-electron chi connectivity index (χ2n) is 14.3. The summed E-state index contributed by atoms with van der Waals surface area (Å²) < 4.78 is 7.09. The third-order valence-electron chi connectivity index (χ3n) is 7.73. The van der Waals surface area contributed by atoms with Gasteiger partial charge in [-0.05, 0) is 61.2 Å². The van der Waals surface area contributed by atoms with Crippen LogP contribution in [0.1, 0.15) is 157 Å². The first-order valence-electron chi connectivity index (χ1n) is 17.6. The fourth-order valence-corrected chi connectivity index (χ4v) is 9.25. The first kappa shape index (κ1) is 41.4. The van der Waals surface area contributed by atoms with Gasteiger partial charge in [0.25, 0.3) is 0 Å². The Balaban J connectivity index is 2.22. The average Bonchev–Trinajstić information content (AvgIpc) is 2.95. The second kappa shape index (κ2) is 21.3. The summed E-state index contributed by atoms with van der Waals surface area (Å²) in [6, 6.07) is 4.18. The van der Waals surface area contributed by atoms with Gasteiger partial charge in [-0.25, -0.2) is 0 Å². The number of thioether (sulfide) groups is 4. The summed E-state index contributed by atoms with van der Waals surface area (Å²) in [5, 5.41) is 12.6. The summed E-state index contributed by atoms with van der Waals surface area (Å²) in [6.45, 7) is 21.7. The van der Waals surface area contributed by atoms with Gasteiger partial charge < -0.3 is 9.84 Å². The minimum Gasteiger partial charge on any atom is -0.507 e. The van der Waals surface area contributed by atoms with E-state index in [9.17, 15) is 5.11 Å². The van der Waals surface area contributed by atoms with Crippen LogP contribution < -0.4 is 4.74 Å². The highest BCUT2D eigenvalue weighted by atomic mass is 32.2. The zero-order chi connectivity index (χ0) is 34.2. The van der Waals surface area contributed by atoms with Crippen molar-refractivity contribution in [1.82, 2.24) is 15.0 Å². The standard InChI is InChI=1S/C37H63N3O2S4/c1-11-13-15-17-19-21-23-43-27(3)45-34-38-33(39-35(40-34)46-28(4)44-24-22-20-18-16-14-12-2)42-29-25-30(36(5,6)7)32(41)31(26-29)37(8,9)10/h25-28,41H,11-24H2,1-10H3. The van der Waals surface area contributed by atoms with Crippen LogP contribution in [0, 0.1) is 0 Å². The van der Waals surface area contributed by atoms with Crippen molar-refractivity contribution < 1.29 is 9.84 Å². The van der Waals surface area contributed by atoms with E-state index in [1.54, 1.807) is 23.5 Å². The van der Waals surface area contributed by atoms with E-state index in [-0.39, 0.29) is 10.8 Å². The van der Waals surface area contributed by atoms with Gasteiger partial charge in [-0.15, -0.1) is 23.5 Å². The van der Waals surface area contributed by atoms with Crippen LogP contribution in [0.25, 0.3) is 0 Å². The van der Waals surface area contributed by atoms with Gasteiger partial charge in [0.15, 0.2) is 10.3 Å². The number of aromatic hydroxyl groups is 1. The van der Waals surface area contributed by atoms with E-state index >= 15 is 0 Å². The fourth-order valence-electron chi connectivity index (χ4n) is 5.02. The second-order valence-corrected chi connectivity index (χ2v) is 20.4. The molecule has 0 aliphatic heterocycles. The zero-order valence-electron chi connectivity index (χ0n) is 30.5. The fraction of sp³-hybridized carbons (Fsp3) is 0.757. The van der Waals surface area contributed by atoms with Crippen molar-refractivity contribution in [3.63, 3.8) is 0 Å². The molecular formula is C37H63N3O2S4. The summed E-state index contributed by atoms with van der Waals surface area (Å²) in [5.74, 6) is 3.28. The monoisotopic (exact) mass is 709 g/mol. The van der Waals surface area contributed by atoms with Crippen LogP contribution in [0.15, 0.2) is 22.4 Å².